The SMILES string of the molecule is O=C(O)C1CNCCCNCCCNCCCNC1. The molecule has 0 radical (unpaired) electrons. The molecule has 6 heteroatoms. The Morgan fingerprint density at radius 3 is 1.47 bits per heavy atom. The lowest BCUT2D eigenvalue weighted by molar-refractivity contribution is -0.141. The van der Waals surface area contributed by atoms with E-state index in [4.69, 9.17) is 5.11 Å². The van der Waals surface area contributed by atoms with E-state index in [1.165, 1.54) is 0 Å². The molecule has 0 aromatic rings. The van der Waals surface area contributed by atoms with Crippen molar-refractivity contribution in [3.63, 3.8) is 0 Å². The van der Waals surface area contributed by atoms with E-state index < -0.39 is 5.97 Å². The predicted octanol–water partition coefficient (Wildman–Crippen LogP) is -0.770. The maximum absolute atomic E-state index is 11.1. The van der Waals surface area contributed by atoms with Crippen LogP contribution in [0.25, 0.3) is 0 Å². The Balaban J connectivity index is 2.25. The van der Waals surface area contributed by atoms with Crippen LogP contribution in [0.1, 0.15) is 19.3 Å². The third-order valence-corrected chi connectivity index (χ3v) is 3.25. The summed E-state index contributed by atoms with van der Waals surface area (Å²) >= 11 is 0. The van der Waals surface area contributed by atoms with Crippen LogP contribution < -0.4 is 21.3 Å². The second kappa shape index (κ2) is 11.2. The minimum absolute atomic E-state index is 0.339. The third-order valence-electron chi connectivity index (χ3n) is 3.25. The molecule has 1 aliphatic heterocycles. The summed E-state index contributed by atoms with van der Waals surface area (Å²) in [5.74, 6) is -1.06. The lowest BCUT2D eigenvalue weighted by atomic mass is 10.1. The number of carbonyl (C=O) groups is 1. The molecule has 0 bridgehead atoms. The van der Waals surface area contributed by atoms with Crippen LogP contribution in [-0.2, 0) is 4.79 Å². The number of carboxylic acids is 1. The topological polar surface area (TPSA) is 85.4 Å². The van der Waals surface area contributed by atoms with Gasteiger partial charge in [-0.3, -0.25) is 4.79 Å². The van der Waals surface area contributed by atoms with Crippen LogP contribution in [0.2, 0.25) is 0 Å². The average Bonchev–Trinajstić information content (AvgIpc) is 2.38. The molecule has 1 fully saturated rings. The summed E-state index contributed by atoms with van der Waals surface area (Å²) in [5.41, 5.74) is 0. The van der Waals surface area contributed by atoms with Crippen LogP contribution in [0.5, 0.6) is 0 Å². The highest BCUT2D eigenvalue weighted by molar-refractivity contribution is 5.70. The maximum Gasteiger partial charge on any atom is 0.309 e. The first-order valence-corrected chi connectivity index (χ1v) is 7.36. The zero-order valence-electron chi connectivity index (χ0n) is 11.7. The van der Waals surface area contributed by atoms with E-state index in [2.05, 4.69) is 21.3 Å². The van der Waals surface area contributed by atoms with Gasteiger partial charge in [-0.2, -0.15) is 0 Å². The average molecular weight is 272 g/mol. The maximum atomic E-state index is 11.1. The van der Waals surface area contributed by atoms with Crippen molar-refractivity contribution in [1.29, 1.82) is 0 Å². The third kappa shape index (κ3) is 8.93. The normalized spacial score (nSPS) is 22.9. The van der Waals surface area contributed by atoms with Gasteiger partial charge < -0.3 is 26.4 Å². The van der Waals surface area contributed by atoms with Gasteiger partial charge in [0.15, 0.2) is 0 Å². The van der Waals surface area contributed by atoms with Crippen molar-refractivity contribution >= 4 is 5.97 Å². The molecule has 112 valence electrons. The Hall–Kier alpha value is -0.690. The first kappa shape index (κ1) is 16.4. The summed E-state index contributed by atoms with van der Waals surface area (Å²) in [6.45, 7) is 6.89. The molecule has 0 unspecified atom stereocenters. The number of aliphatic carboxylic acids is 1. The van der Waals surface area contributed by atoms with Crippen molar-refractivity contribution in [2.75, 3.05) is 52.4 Å². The highest BCUT2D eigenvalue weighted by Crippen LogP contribution is 1.93. The smallest absolute Gasteiger partial charge is 0.309 e. The first-order valence-electron chi connectivity index (χ1n) is 7.36. The van der Waals surface area contributed by atoms with Crippen molar-refractivity contribution in [3.05, 3.63) is 0 Å². The fraction of sp³-hybridized carbons (Fsp3) is 0.923. The highest BCUT2D eigenvalue weighted by atomic mass is 16.4. The molecule has 0 spiro atoms. The number of carboxylic acid groups (broad SMARTS) is 1. The van der Waals surface area contributed by atoms with Crippen LogP contribution in [0.4, 0.5) is 0 Å². The van der Waals surface area contributed by atoms with Crippen molar-refractivity contribution in [2.24, 2.45) is 5.92 Å². The van der Waals surface area contributed by atoms with E-state index in [1.54, 1.807) is 0 Å². The summed E-state index contributed by atoms with van der Waals surface area (Å²) in [4.78, 5) is 11.1. The van der Waals surface area contributed by atoms with Gasteiger partial charge in [-0.05, 0) is 58.5 Å². The molecule has 0 aromatic heterocycles. The molecule has 0 saturated carbocycles. The molecule has 1 saturated heterocycles. The van der Waals surface area contributed by atoms with Crippen LogP contribution >= 0.6 is 0 Å². The summed E-state index contributed by atoms with van der Waals surface area (Å²) in [5, 5.41) is 22.4. The Morgan fingerprint density at radius 2 is 1.11 bits per heavy atom. The van der Waals surface area contributed by atoms with Crippen molar-refractivity contribution in [1.82, 2.24) is 21.3 Å². The molecular formula is C13H28N4O2. The molecule has 5 N–H and O–H groups in total. The Labute approximate surface area is 115 Å². The molecule has 1 aliphatic rings. The zero-order chi connectivity index (χ0) is 13.8. The fourth-order valence-electron chi connectivity index (χ4n) is 2.06. The first-order chi connectivity index (χ1) is 9.30. The van der Waals surface area contributed by atoms with Gasteiger partial charge in [-0.15, -0.1) is 0 Å². The summed E-state index contributed by atoms with van der Waals surface area (Å²) < 4.78 is 0. The molecule has 1 rings (SSSR count). The van der Waals surface area contributed by atoms with Crippen molar-refractivity contribution < 1.29 is 9.90 Å². The van der Waals surface area contributed by atoms with Gasteiger partial charge in [0.25, 0.3) is 0 Å². The summed E-state index contributed by atoms with van der Waals surface area (Å²) in [7, 11) is 0. The minimum Gasteiger partial charge on any atom is -0.481 e. The van der Waals surface area contributed by atoms with E-state index in [9.17, 15) is 4.79 Å². The van der Waals surface area contributed by atoms with Crippen LogP contribution in [0.15, 0.2) is 0 Å². The van der Waals surface area contributed by atoms with Gasteiger partial charge >= 0.3 is 5.97 Å². The van der Waals surface area contributed by atoms with E-state index in [0.717, 1.165) is 58.5 Å². The van der Waals surface area contributed by atoms with Gasteiger partial charge in [0.05, 0.1) is 5.92 Å². The summed E-state index contributed by atoms with van der Waals surface area (Å²) in [6, 6.07) is 0. The second-order valence-corrected chi connectivity index (χ2v) is 5.00. The largest absolute Gasteiger partial charge is 0.481 e. The van der Waals surface area contributed by atoms with Gasteiger partial charge in [0.2, 0.25) is 0 Å². The van der Waals surface area contributed by atoms with Crippen LogP contribution in [0.3, 0.4) is 0 Å². The molecule has 0 aliphatic carbocycles. The minimum atomic E-state index is -0.725. The van der Waals surface area contributed by atoms with Crippen molar-refractivity contribution in [3.8, 4) is 0 Å². The van der Waals surface area contributed by atoms with Gasteiger partial charge in [-0.1, -0.05) is 0 Å². The predicted molar refractivity (Wildman–Crippen MR) is 76.5 cm³/mol. The molecular weight excluding hydrogens is 244 g/mol. The van der Waals surface area contributed by atoms with E-state index in [0.29, 0.717) is 13.1 Å². The lowest BCUT2D eigenvalue weighted by Gasteiger charge is -2.15. The van der Waals surface area contributed by atoms with Gasteiger partial charge in [0.1, 0.15) is 0 Å². The standard InChI is InChI=1S/C13H28N4O2/c18-13(19)12-10-16-8-2-6-14-4-1-5-15-7-3-9-17-11-12/h12,14-17H,1-11H2,(H,18,19). The quantitative estimate of drug-likeness (QED) is 0.431. The molecule has 19 heavy (non-hydrogen) atoms. The summed E-state index contributed by atoms with van der Waals surface area (Å²) in [6.07, 6.45) is 3.22. The molecule has 0 amide bonds. The van der Waals surface area contributed by atoms with Crippen LogP contribution in [0, 0.1) is 5.92 Å². The van der Waals surface area contributed by atoms with Crippen LogP contribution in [-0.4, -0.2) is 63.4 Å². The fourth-order valence-corrected chi connectivity index (χ4v) is 2.06. The van der Waals surface area contributed by atoms with Crippen molar-refractivity contribution in [2.45, 2.75) is 19.3 Å². The molecule has 0 atom stereocenters. The van der Waals surface area contributed by atoms with Gasteiger partial charge in [0, 0.05) is 13.1 Å². The Kier molecular flexibility index (Phi) is 9.61. The number of nitrogens with one attached hydrogen (secondary N) is 4. The second-order valence-electron chi connectivity index (χ2n) is 5.00. The van der Waals surface area contributed by atoms with E-state index in [-0.39, 0.29) is 5.92 Å². The van der Waals surface area contributed by atoms with E-state index in [1.807, 2.05) is 0 Å². The number of hydrogen-bond donors (Lipinski definition) is 5. The number of hydrogen-bond acceptors (Lipinski definition) is 5. The zero-order valence-corrected chi connectivity index (χ0v) is 11.7. The van der Waals surface area contributed by atoms with E-state index >= 15 is 0 Å². The molecule has 1 heterocycles. The van der Waals surface area contributed by atoms with Gasteiger partial charge in [-0.25, -0.2) is 0 Å². The lowest BCUT2D eigenvalue weighted by Crippen LogP contribution is -2.38. The molecule has 6 nitrogen and oxygen atoms in total. The monoisotopic (exact) mass is 272 g/mol. The highest BCUT2D eigenvalue weighted by Gasteiger charge is 2.15. The Bertz CT molecular complexity index is 223. The molecule has 0 aromatic carbocycles. The number of rotatable bonds is 1. The Morgan fingerprint density at radius 1 is 0.737 bits per heavy atom.